The number of ether oxygens (including phenoxy) is 1. The Morgan fingerprint density at radius 1 is 1.60 bits per heavy atom. The molecule has 0 fully saturated rings. The van der Waals surface area contributed by atoms with E-state index in [9.17, 15) is 4.79 Å². The summed E-state index contributed by atoms with van der Waals surface area (Å²) >= 11 is 0. The van der Waals surface area contributed by atoms with E-state index in [2.05, 4.69) is 4.98 Å². The molecule has 0 aromatic carbocycles. The lowest BCUT2D eigenvalue weighted by Gasteiger charge is -2.15. The number of aromatic amines is 1. The minimum absolute atomic E-state index is 0.466. The fourth-order valence-electron chi connectivity index (χ4n) is 2.19. The normalized spacial score (nSPS) is 17.2. The number of H-pyrrole nitrogens is 1. The number of carbonyl (C=O) groups is 1. The van der Waals surface area contributed by atoms with Crippen LogP contribution in [0.5, 0.6) is 0 Å². The average molecular weight is 209 g/mol. The Bertz CT molecular complexity index is 395. The molecule has 0 aliphatic carbocycles. The molecule has 1 aromatic rings. The molecule has 1 aliphatic rings. The summed E-state index contributed by atoms with van der Waals surface area (Å²) in [6.07, 6.45) is 0.850. The fourth-order valence-corrected chi connectivity index (χ4v) is 2.19. The van der Waals surface area contributed by atoms with Crippen LogP contribution in [0.15, 0.2) is 0 Å². The molecule has 2 rings (SSSR count). The molecule has 1 aromatic heterocycles. The maximum Gasteiger partial charge on any atom is 0.310 e. The van der Waals surface area contributed by atoms with Crippen LogP contribution in [0, 0.1) is 6.92 Å². The predicted molar refractivity (Wildman–Crippen MR) is 54.9 cm³/mol. The van der Waals surface area contributed by atoms with Gasteiger partial charge in [-0.1, -0.05) is 0 Å². The topological polar surface area (TPSA) is 62.3 Å². The van der Waals surface area contributed by atoms with Crippen molar-refractivity contribution in [2.24, 2.45) is 0 Å². The van der Waals surface area contributed by atoms with Crippen LogP contribution in [-0.2, 0) is 22.6 Å². The third-order valence-electron chi connectivity index (χ3n) is 2.98. The van der Waals surface area contributed by atoms with Gasteiger partial charge in [-0.05, 0) is 19.4 Å². The number of nitrogens with one attached hydrogen (secondary N) is 1. The molecular weight excluding hydrogens is 194 g/mol. The number of carboxylic acid groups (broad SMARTS) is 1. The molecule has 0 radical (unpaired) electrons. The lowest BCUT2D eigenvalue weighted by atomic mass is 9.95. The monoisotopic (exact) mass is 209 g/mol. The second-order valence-corrected chi connectivity index (χ2v) is 3.98. The van der Waals surface area contributed by atoms with Gasteiger partial charge in [0.25, 0.3) is 0 Å². The maximum absolute atomic E-state index is 11.0. The van der Waals surface area contributed by atoms with E-state index in [1.54, 1.807) is 6.92 Å². The third kappa shape index (κ3) is 1.65. The van der Waals surface area contributed by atoms with E-state index in [1.165, 1.54) is 0 Å². The highest BCUT2D eigenvalue weighted by atomic mass is 16.5. The standard InChI is InChI=1S/C11H15NO3/c1-6(11(13)14)10-7(2)12-9-3-4-15-5-8(9)10/h6,12H,3-5H2,1-2H3,(H,13,14). The van der Waals surface area contributed by atoms with Gasteiger partial charge in [0.15, 0.2) is 0 Å². The van der Waals surface area contributed by atoms with Crippen molar-refractivity contribution in [1.82, 2.24) is 4.98 Å². The minimum atomic E-state index is -0.787. The summed E-state index contributed by atoms with van der Waals surface area (Å²) < 4.78 is 5.37. The van der Waals surface area contributed by atoms with E-state index < -0.39 is 11.9 Å². The van der Waals surface area contributed by atoms with Crippen LogP contribution in [0.25, 0.3) is 0 Å². The van der Waals surface area contributed by atoms with Crippen molar-refractivity contribution in [2.75, 3.05) is 6.61 Å². The summed E-state index contributed by atoms with van der Waals surface area (Å²) in [6, 6.07) is 0. The van der Waals surface area contributed by atoms with Crippen LogP contribution < -0.4 is 0 Å². The van der Waals surface area contributed by atoms with Gasteiger partial charge in [0.2, 0.25) is 0 Å². The number of aryl methyl sites for hydroxylation is 1. The van der Waals surface area contributed by atoms with E-state index in [-0.39, 0.29) is 0 Å². The van der Waals surface area contributed by atoms with Crippen LogP contribution in [0.1, 0.15) is 35.4 Å². The Balaban J connectivity index is 2.46. The van der Waals surface area contributed by atoms with Crippen molar-refractivity contribution in [3.63, 3.8) is 0 Å². The first-order chi connectivity index (χ1) is 7.11. The van der Waals surface area contributed by atoms with E-state index in [0.29, 0.717) is 13.2 Å². The molecular formula is C11H15NO3. The molecule has 1 aliphatic heterocycles. The van der Waals surface area contributed by atoms with Gasteiger partial charge >= 0.3 is 5.97 Å². The van der Waals surface area contributed by atoms with Gasteiger partial charge in [0.05, 0.1) is 19.1 Å². The molecule has 4 heteroatoms. The van der Waals surface area contributed by atoms with Crippen molar-refractivity contribution in [2.45, 2.75) is 32.8 Å². The number of hydrogen-bond acceptors (Lipinski definition) is 2. The first kappa shape index (κ1) is 10.2. The van der Waals surface area contributed by atoms with Crippen LogP contribution >= 0.6 is 0 Å². The molecule has 0 spiro atoms. The molecule has 15 heavy (non-hydrogen) atoms. The first-order valence-electron chi connectivity index (χ1n) is 5.12. The van der Waals surface area contributed by atoms with Gasteiger partial charge in [0, 0.05) is 23.4 Å². The number of aromatic nitrogens is 1. The van der Waals surface area contributed by atoms with Crippen molar-refractivity contribution in [3.05, 3.63) is 22.5 Å². The van der Waals surface area contributed by atoms with Crippen molar-refractivity contribution in [3.8, 4) is 0 Å². The fraction of sp³-hybridized carbons (Fsp3) is 0.545. The van der Waals surface area contributed by atoms with Gasteiger partial charge in [-0.15, -0.1) is 0 Å². The number of fused-ring (bicyclic) bond motifs is 1. The predicted octanol–water partition coefficient (Wildman–Crippen LogP) is 1.58. The molecule has 2 heterocycles. The molecule has 0 saturated carbocycles. The summed E-state index contributed by atoms with van der Waals surface area (Å²) in [5.74, 6) is -1.25. The van der Waals surface area contributed by atoms with Crippen molar-refractivity contribution in [1.29, 1.82) is 0 Å². The van der Waals surface area contributed by atoms with Gasteiger partial charge < -0.3 is 14.8 Å². The second-order valence-electron chi connectivity index (χ2n) is 3.98. The quantitative estimate of drug-likeness (QED) is 0.777. The van der Waals surface area contributed by atoms with Gasteiger partial charge in [-0.25, -0.2) is 0 Å². The molecule has 2 N–H and O–H groups in total. The van der Waals surface area contributed by atoms with Crippen LogP contribution in [0.4, 0.5) is 0 Å². The lowest BCUT2D eigenvalue weighted by molar-refractivity contribution is -0.138. The smallest absolute Gasteiger partial charge is 0.310 e. The van der Waals surface area contributed by atoms with Crippen LogP contribution in [0.2, 0.25) is 0 Å². The summed E-state index contributed by atoms with van der Waals surface area (Å²) in [6.45, 7) is 4.89. The van der Waals surface area contributed by atoms with Crippen molar-refractivity contribution < 1.29 is 14.6 Å². The summed E-state index contributed by atoms with van der Waals surface area (Å²) in [7, 11) is 0. The highest BCUT2D eigenvalue weighted by Gasteiger charge is 2.25. The summed E-state index contributed by atoms with van der Waals surface area (Å²) in [5.41, 5.74) is 4.05. The number of carboxylic acids is 1. The maximum atomic E-state index is 11.0. The summed E-state index contributed by atoms with van der Waals surface area (Å²) in [5, 5.41) is 9.03. The zero-order valence-electron chi connectivity index (χ0n) is 8.96. The molecule has 4 nitrogen and oxygen atoms in total. The van der Waals surface area contributed by atoms with E-state index in [1.807, 2.05) is 6.92 Å². The van der Waals surface area contributed by atoms with E-state index >= 15 is 0 Å². The van der Waals surface area contributed by atoms with Gasteiger partial charge in [-0.2, -0.15) is 0 Å². The Morgan fingerprint density at radius 2 is 2.33 bits per heavy atom. The largest absolute Gasteiger partial charge is 0.481 e. The highest BCUT2D eigenvalue weighted by Crippen LogP contribution is 2.29. The zero-order valence-corrected chi connectivity index (χ0v) is 8.96. The molecule has 1 atom stereocenters. The average Bonchev–Trinajstić information content (AvgIpc) is 2.52. The van der Waals surface area contributed by atoms with Crippen LogP contribution in [0.3, 0.4) is 0 Å². The molecule has 0 saturated heterocycles. The third-order valence-corrected chi connectivity index (χ3v) is 2.98. The van der Waals surface area contributed by atoms with Gasteiger partial charge in [0.1, 0.15) is 0 Å². The first-order valence-corrected chi connectivity index (χ1v) is 5.12. The Labute approximate surface area is 88.3 Å². The number of hydrogen-bond donors (Lipinski definition) is 2. The molecule has 1 unspecified atom stereocenters. The zero-order chi connectivity index (χ0) is 11.0. The summed E-state index contributed by atoms with van der Waals surface area (Å²) in [4.78, 5) is 14.2. The molecule has 0 amide bonds. The van der Waals surface area contributed by atoms with E-state index in [4.69, 9.17) is 9.84 Å². The molecule has 82 valence electrons. The SMILES string of the molecule is Cc1[nH]c2c(c1C(C)C(=O)O)COCC2. The second kappa shape index (κ2) is 3.70. The number of rotatable bonds is 2. The van der Waals surface area contributed by atoms with Crippen molar-refractivity contribution >= 4 is 5.97 Å². The Kier molecular flexibility index (Phi) is 2.52. The number of aliphatic carboxylic acids is 1. The van der Waals surface area contributed by atoms with Gasteiger partial charge in [-0.3, -0.25) is 4.79 Å². The lowest BCUT2D eigenvalue weighted by Crippen LogP contribution is -2.14. The van der Waals surface area contributed by atoms with E-state index in [0.717, 1.165) is 28.9 Å². The molecule has 0 bridgehead atoms. The van der Waals surface area contributed by atoms with Crippen LogP contribution in [-0.4, -0.2) is 22.7 Å². The highest BCUT2D eigenvalue weighted by molar-refractivity contribution is 5.76. The minimum Gasteiger partial charge on any atom is -0.481 e. The Morgan fingerprint density at radius 3 is 3.00 bits per heavy atom. The Hall–Kier alpha value is -1.29.